The number of hydrogen-bond donors (Lipinski definition) is 1. The maximum absolute atomic E-state index is 4.11. The molecule has 2 heterocycles. The standard InChI is InChI=1S/C9H10N4S/c1-2-10-6-13-8(1)3-11-4-9-5-12-7-14-9/h1-2,5-7,11H,3-4H2. The second-order valence-corrected chi connectivity index (χ2v) is 3.74. The van der Waals surface area contributed by atoms with Crippen molar-refractivity contribution in [3.05, 3.63) is 40.9 Å². The number of hydrogen-bond acceptors (Lipinski definition) is 5. The zero-order valence-corrected chi connectivity index (χ0v) is 8.37. The number of aromatic nitrogens is 3. The van der Waals surface area contributed by atoms with Gasteiger partial charge in [0.1, 0.15) is 6.33 Å². The summed E-state index contributed by atoms with van der Waals surface area (Å²) < 4.78 is 0. The number of nitrogens with zero attached hydrogens (tertiary/aromatic N) is 3. The van der Waals surface area contributed by atoms with Gasteiger partial charge < -0.3 is 5.32 Å². The Morgan fingerprint density at radius 2 is 2.29 bits per heavy atom. The van der Waals surface area contributed by atoms with Crippen LogP contribution in [0.4, 0.5) is 0 Å². The number of nitrogens with one attached hydrogen (secondary N) is 1. The van der Waals surface area contributed by atoms with Gasteiger partial charge in [-0.2, -0.15) is 0 Å². The van der Waals surface area contributed by atoms with Gasteiger partial charge in [-0.15, -0.1) is 11.3 Å². The van der Waals surface area contributed by atoms with Crippen LogP contribution in [-0.4, -0.2) is 15.0 Å². The zero-order valence-electron chi connectivity index (χ0n) is 7.55. The van der Waals surface area contributed by atoms with Crippen LogP contribution in [0, 0.1) is 0 Å². The fourth-order valence-corrected chi connectivity index (χ4v) is 1.63. The van der Waals surface area contributed by atoms with E-state index in [1.54, 1.807) is 23.9 Å². The van der Waals surface area contributed by atoms with Gasteiger partial charge in [0.25, 0.3) is 0 Å². The van der Waals surface area contributed by atoms with E-state index in [2.05, 4.69) is 20.3 Å². The van der Waals surface area contributed by atoms with Gasteiger partial charge in [0, 0.05) is 30.4 Å². The van der Waals surface area contributed by atoms with E-state index in [4.69, 9.17) is 0 Å². The third kappa shape index (κ3) is 2.58. The molecule has 0 fully saturated rings. The fourth-order valence-electron chi connectivity index (χ4n) is 1.07. The topological polar surface area (TPSA) is 50.7 Å². The lowest BCUT2D eigenvalue weighted by Crippen LogP contribution is -2.12. The van der Waals surface area contributed by atoms with Crippen LogP contribution in [0.5, 0.6) is 0 Å². The SMILES string of the molecule is c1cc(CNCc2cncs2)ncn1. The van der Waals surface area contributed by atoms with E-state index >= 15 is 0 Å². The molecule has 0 saturated heterocycles. The normalized spacial score (nSPS) is 10.3. The monoisotopic (exact) mass is 206 g/mol. The van der Waals surface area contributed by atoms with Crippen LogP contribution < -0.4 is 5.32 Å². The Morgan fingerprint density at radius 1 is 1.29 bits per heavy atom. The molecule has 2 aromatic heterocycles. The van der Waals surface area contributed by atoms with Crippen LogP contribution in [0.2, 0.25) is 0 Å². The summed E-state index contributed by atoms with van der Waals surface area (Å²) in [7, 11) is 0. The number of rotatable bonds is 4. The molecule has 1 N–H and O–H groups in total. The highest BCUT2D eigenvalue weighted by atomic mass is 32.1. The minimum atomic E-state index is 0.764. The van der Waals surface area contributed by atoms with Crippen molar-refractivity contribution in [2.45, 2.75) is 13.1 Å². The van der Waals surface area contributed by atoms with Crippen LogP contribution in [0.15, 0.2) is 30.3 Å². The smallest absolute Gasteiger partial charge is 0.115 e. The molecule has 72 valence electrons. The Labute approximate surface area is 86.1 Å². The molecule has 14 heavy (non-hydrogen) atoms. The first-order valence-electron chi connectivity index (χ1n) is 4.28. The summed E-state index contributed by atoms with van der Waals surface area (Å²) in [6, 6.07) is 1.90. The molecule has 0 aliphatic carbocycles. The van der Waals surface area contributed by atoms with Crippen LogP contribution >= 0.6 is 11.3 Å². The average Bonchev–Trinajstić information content (AvgIpc) is 2.72. The minimum absolute atomic E-state index is 0.764. The third-order valence-electron chi connectivity index (χ3n) is 1.73. The van der Waals surface area contributed by atoms with Crippen molar-refractivity contribution in [1.82, 2.24) is 20.3 Å². The number of thiazole rings is 1. The lowest BCUT2D eigenvalue weighted by molar-refractivity contribution is 0.683. The van der Waals surface area contributed by atoms with Crippen molar-refractivity contribution in [3.8, 4) is 0 Å². The van der Waals surface area contributed by atoms with Crippen molar-refractivity contribution in [2.75, 3.05) is 0 Å². The van der Waals surface area contributed by atoms with Crippen LogP contribution in [0.25, 0.3) is 0 Å². The Morgan fingerprint density at radius 3 is 3.00 bits per heavy atom. The van der Waals surface area contributed by atoms with E-state index in [9.17, 15) is 0 Å². The molecule has 2 rings (SSSR count). The summed E-state index contributed by atoms with van der Waals surface area (Å²) in [5.41, 5.74) is 2.84. The summed E-state index contributed by atoms with van der Waals surface area (Å²) in [6.07, 6.45) is 5.18. The summed E-state index contributed by atoms with van der Waals surface area (Å²) in [4.78, 5) is 13.2. The Bertz CT molecular complexity index is 360. The van der Waals surface area contributed by atoms with E-state index in [1.807, 2.05) is 17.8 Å². The second-order valence-electron chi connectivity index (χ2n) is 2.77. The van der Waals surface area contributed by atoms with Gasteiger partial charge in [0.2, 0.25) is 0 Å². The maximum Gasteiger partial charge on any atom is 0.115 e. The van der Waals surface area contributed by atoms with Crippen molar-refractivity contribution in [3.63, 3.8) is 0 Å². The maximum atomic E-state index is 4.11. The minimum Gasteiger partial charge on any atom is -0.306 e. The van der Waals surface area contributed by atoms with Crippen molar-refractivity contribution < 1.29 is 0 Å². The van der Waals surface area contributed by atoms with E-state index in [0.717, 1.165) is 18.8 Å². The highest BCUT2D eigenvalue weighted by molar-refractivity contribution is 7.09. The molecule has 0 bridgehead atoms. The summed E-state index contributed by atoms with van der Waals surface area (Å²) >= 11 is 1.65. The van der Waals surface area contributed by atoms with Gasteiger partial charge in [-0.1, -0.05) is 0 Å². The molecule has 0 spiro atoms. The van der Waals surface area contributed by atoms with Crippen LogP contribution in [-0.2, 0) is 13.1 Å². The van der Waals surface area contributed by atoms with Gasteiger partial charge in [0.15, 0.2) is 0 Å². The molecule has 5 heteroatoms. The van der Waals surface area contributed by atoms with Crippen molar-refractivity contribution in [1.29, 1.82) is 0 Å². The quantitative estimate of drug-likeness (QED) is 0.817. The van der Waals surface area contributed by atoms with E-state index in [-0.39, 0.29) is 0 Å². The van der Waals surface area contributed by atoms with E-state index in [0.29, 0.717) is 0 Å². The first-order valence-corrected chi connectivity index (χ1v) is 5.16. The zero-order chi connectivity index (χ0) is 9.64. The molecule has 0 aromatic carbocycles. The Kier molecular flexibility index (Phi) is 3.15. The van der Waals surface area contributed by atoms with Gasteiger partial charge in [-0.25, -0.2) is 9.97 Å². The van der Waals surface area contributed by atoms with Crippen molar-refractivity contribution >= 4 is 11.3 Å². The molecular weight excluding hydrogens is 196 g/mol. The molecule has 0 amide bonds. The molecule has 0 aliphatic rings. The second kappa shape index (κ2) is 4.78. The van der Waals surface area contributed by atoms with Gasteiger partial charge >= 0.3 is 0 Å². The fraction of sp³-hybridized carbons (Fsp3) is 0.222. The van der Waals surface area contributed by atoms with Gasteiger partial charge in [-0.3, -0.25) is 4.98 Å². The lowest BCUT2D eigenvalue weighted by atomic mass is 10.4. The van der Waals surface area contributed by atoms with E-state index in [1.165, 1.54) is 4.88 Å². The summed E-state index contributed by atoms with van der Waals surface area (Å²) in [6.45, 7) is 1.61. The molecule has 4 nitrogen and oxygen atoms in total. The Balaban J connectivity index is 1.79. The van der Waals surface area contributed by atoms with Crippen LogP contribution in [0.3, 0.4) is 0 Å². The van der Waals surface area contributed by atoms with Gasteiger partial charge in [-0.05, 0) is 6.07 Å². The molecular formula is C9H10N4S. The predicted molar refractivity (Wildman–Crippen MR) is 54.7 cm³/mol. The first-order chi connectivity index (χ1) is 6.95. The molecule has 0 aliphatic heterocycles. The molecule has 0 saturated carbocycles. The van der Waals surface area contributed by atoms with Gasteiger partial charge in [0.05, 0.1) is 11.2 Å². The molecule has 0 unspecified atom stereocenters. The largest absolute Gasteiger partial charge is 0.306 e. The summed E-state index contributed by atoms with van der Waals surface area (Å²) in [5, 5.41) is 3.28. The third-order valence-corrected chi connectivity index (χ3v) is 2.51. The molecule has 0 radical (unpaired) electrons. The first kappa shape index (κ1) is 9.23. The van der Waals surface area contributed by atoms with Crippen molar-refractivity contribution in [2.24, 2.45) is 0 Å². The predicted octanol–water partition coefficient (Wildman–Crippen LogP) is 1.22. The summed E-state index contributed by atoms with van der Waals surface area (Å²) in [5.74, 6) is 0. The highest BCUT2D eigenvalue weighted by Crippen LogP contribution is 2.04. The highest BCUT2D eigenvalue weighted by Gasteiger charge is 1.95. The van der Waals surface area contributed by atoms with Crippen LogP contribution in [0.1, 0.15) is 10.6 Å². The average molecular weight is 206 g/mol. The Hall–Kier alpha value is -1.33. The molecule has 2 aromatic rings. The molecule has 0 atom stereocenters. The van der Waals surface area contributed by atoms with E-state index < -0.39 is 0 Å². The lowest BCUT2D eigenvalue weighted by Gasteiger charge is -2.00.